The fourth-order valence-electron chi connectivity index (χ4n) is 5.48. The first-order valence-corrected chi connectivity index (χ1v) is 15.8. The number of nitrogens with zero attached hydrogens (tertiary/aromatic N) is 5. The van der Waals surface area contributed by atoms with Crippen molar-refractivity contribution in [1.82, 2.24) is 14.9 Å². The number of likely N-dealkylation sites (tertiary alicyclic amines) is 1. The van der Waals surface area contributed by atoms with E-state index in [9.17, 15) is 22.8 Å². The molecule has 0 atom stereocenters. The third kappa shape index (κ3) is 7.82. The molecule has 2 saturated heterocycles. The first-order valence-electron chi connectivity index (χ1n) is 14.8. The van der Waals surface area contributed by atoms with Gasteiger partial charge in [0.1, 0.15) is 5.82 Å². The Bertz CT molecular complexity index is 1450. The zero-order chi connectivity index (χ0) is 31.3. The van der Waals surface area contributed by atoms with Gasteiger partial charge in [-0.15, -0.1) is 0 Å². The van der Waals surface area contributed by atoms with E-state index in [0.29, 0.717) is 80.9 Å². The summed E-state index contributed by atoms with van der Waals surface area (Å²) in [5.41, 5.74) is 2.42. The SMILES string of the molecule is CCOC(=O)C1CCN(C(=O)c2ccc(CSc3nc(C)cc(N4CCN(c5cccc(C(F)(F)F)c5)CC4)n3)cc2)CC1. The topological polar surface area (TPSA) is 78.9 Å². The van der Waals surface area contributed by atoms with E-state index in [2.05, 4.69) is 9.88 Å². The van der Waals surface area contributed by atoms with E-state index < -0.39 is 11.7 Å². The second-order valence-corrected chi connectivity index (χ2v) is 11.9. The average Bonchev–Trinajstić information content (AvgIpc) is 3.03. The van der Waals surface area contributed by atoms with Gasteiger partial charge in [0.25, 0.3) is 5.91 Å². The molecule has 3 heterocycles. The maximum Gasteiger partial charge on any atom is 0.416 e. The Morgan fingerprint density at radius 1 is 0.932 bits per heavy atom. The number of piperidine rings is 1. The lowest BCUT2D eigenvalue weighted by molar-refractivity contribution is -0.149. The number of aromatic nitrogens is 2. The van der Waals surface area contributed by atoms with Crippen molar-refractivity contribution < 1.29 is 27.5 Å². The summed E-state index contributed by atoms with van der Waals surface area (Å²) in [6.07, 6.45) is -3.14. The van der Waals surface area contributed by atoms with Gasteiger partial charge in [0.15, 0.2) is 5.16 Å². The molecule has 0 bridgehead atoms. The van der Waals surface area contributed by atoms with E-state index in [-0.39, 0.29) is 17.8 Å². The van der Waals surface area contributed by atoms with Crippen LogP contribution in [0.15, 0.2) is 59.8 Å². The second-order valence-electron chi connectivity index (χ2n) is 11.0. The van der Waals surface area contributed by atoms with Gasteiger partial charge >= 0.3 is 12.1 Å². The molecular weight excluding hydrogens is 591 g/mol. The van der Waals surface area contributed by atoms with Gasteiger partial charge in [0.05, 0.1) is 18.1 Å². The number of anilines is 2. The number of benzene rings is 2. The third-order valence-electron chi connectivity index (χ3n) is 7.93. The van der Waals surface area contributed by atoms with E-state index >= 15 is 0 Å². The molecule has 1 aromatic heterocycles. The molecule has 0 spiro atoms. The van der Waals surface area contributed by atoms with Crippen LogP contribution in [0.5, 0.6) is 0 Å². The fraction of sp³-hybridized carbons (Fsp3) is 0.438. The molecule has 1 amide bonds. The molecule has 0 unspecified atom stereocenters. The van der Waals surface area contributed by atoms with Crippen molar-refractivity contribution in [3.63, 3.8) is 0 Å². The minimum atomic E-state index is -4.37. The minimum Gasteiger partial charge on any atom is -0.466 e. The summed E-state index contributed by atoms with van der Waals surface area (Å²) in [6, 6.07) is 14.9. The van der Waals surface area contributed by atoms with Crippen molar-refractivity contribution in [1.29, 1.82) is 0 Å². The Balaban J connectivity index is 1.13. The van der Waals surface area contributed by atoms with E-state index in [4.69, 9.17) is 9.72 Å². The molecule has 12 heteroatoms. The number of hydrogen-bond acceptors (Lipinski definition) is 8. The van der Waals surface area contributed by atoms with Crippen molar-refractivity contribution in [2.45, 2.75) is 43.8 Å². The van der Waals surface area contributed by atoms with E-state index in [1.807, 2.05) is 42.2 Å². The van der Waals surface area contributed by atoms with Crippen LogP contribution in [0.25, 0.3) is 0 Å². The van der Waals surface area contributed by atoms with Gasteiger partial charge in [-0.25, -0.2) is 9.97 Å². The Hall–Kier alpha value is -3.80. The van der Waals surface area contributed by atoms with E-state index in [1.165, 1.54) is 23.9 Å². The van der Waals surface area contributed by atoms with Crippen LogP contribution in [0.2, 0.25) is 0 Å². The van der Waals surface area contributed by atoms with Crippen LogP contribution >= 0.6 is 11.8 Å². The monoisotopic (exact) mass is 627 g/mol. The summed E-state index contributed by atoms with van der Waals surface area (Å²) in [5, 5.41) is 0.643. The summed E-state index contributed by atoms with van der Waals surface area (Å²) in [4.78, 5) is 40.3. The molecule has 3 aromatic rings. The Labute approximate surface area is 259 Å². The summed E-state index contributed by atoms with van der Waals surface area (Å²) >= 11 is 1.51. The molecule has 2 aromatic carbocycles. The smallest absolute Gasteiger partial charge is 0.416 e. The van der Waals surface area contributed by atoms with Gasteiger partial charge in [-0.05, 0) is 62.6 Å². The van der Waals surface area contributed by atoms with Gasteiger partial charge < -0.3 is 19.4 Å². The van der Waals surface area contributed by atoms with Crippen LogP contribution in [-0.4, -0.2) is 72.6 Å². The van der Waals surface area contributed by atoms with Crippen LogP contribution in [-0.2, 0) is 21.5 Å². The number of ether oxygens (including phenoxy) is 1. The number of amides is 1. The lowest BCUT2D eigenvalue weighted by Gasteiger charge is -2.37. The Morgan fingerprint density at radius 2 is 1.61 bits per heavy atom. The molecule has 2 aliphatic rings. The lowest BCUT2D eigenvalue weighted by atomic mass is 9.96. The number of rotatable bonds is 8. The summed E-state index contributed by atoms with van der Waals surface area (Å²) in [6.45, 7) is 7.59. The van der Waals surface area contributed by atoms with Crippen LogP contribution < -0.4 is 9.80 Å². The Morgan fingerprint density at radius 3 is 2.27 bits per heavy atom. The van der Waals surface area contributed by atoms with Crippen LogP contribution in [0.4, 0.5) is 24.7 Å². The first kappa shape index (κ1) is 31.6. The molecule has 0 radical (unpaired) electrons. The van der Waals surface area contributed by atoms with Gasteiger partial charge in [-0.1, -0.05) is 30.0 Å². The maximum absolute atomic E-state index is 13.2. The molecular formula is C32H36F3N5O3S. The molecule has 0 aliphatic carbocycles. The zero-order valence-electron chi connectivity index (χ0n) is 24.8. The molecule has 44 heavy (non-hydrogen) atoms. The van der Waals surface area contributed by atoms with Crippen molar-refractivity contribution >= 4 is 35.1 Å². The Kier molecular flexibility index (Phi) is 9.97. The second kappa shape index (κ2) is 13.9. The largest absolute Gasteiger partial charge is 0.466 e. The molecule has 234 valence electrons. The van der Waals surface area contributed by atoms with Crippen molar-refractivity contribution in [2.24, 2.45) is 5.92 Å². The van der Waals surface area contributed by atoms with Crippen LogP contribution in [0.3, 0.4) is 0 Å². The van der Waals surface area contributed by atoms with Crippen LogP contribution in [0, 0.1) is 12.8 Å². The highest BCUT2D eigenvalue weighted by Crippen LogP contribution is 2.32. The van der Waals surface area contributed by atoms with Crippen molar-refractivity contribution in [3.8, 4) is 0 Å². The summed E-state index contributed by atoms with van der Waals surface area (Å²) < 4.78 is 44.6. The number of piperazine rings is 1. The normalized spacial score (nSPS) is 16.2. The predicted octanol–water partition coefficient (Wildman–Crippen LogP) is 5.84. The number of thioether (sulfide) groups is 1. The van der Waals surface area contributed by atoms with Gasteiger partial charge in [-0.3, -0.25) is 9.59 Å². The highest BCUT2D eigenvalue weighted by molar-refractivity contribution is 7.98. The maximum atomic E-state index is 13.2. The number of alkyl halides is 3. The van der Waals surface area contributed by atoms with E-state index in [0.717, 1.165) is 23.1 Å². The van der Waals surface area contributed by atoms with Gasteiger partial charge in [0, 0.05) is 68.0 Å². The van der Waals surface area contributed by atoms with Crippen molar-refractivity contribution in [2.75, 3.05) is 55.7 Å². The fourth-order valence-corrected chi connectivity index (χ4v) is 6.33. The number of esters is 1. The highest BCUT2D eigenvalue weighted by atomic mass is 32.2. The van der Waals surface area contributed by atoms with Crippen molar-refractivity contribution in [3.05, 3.63) is 77.0 Å². The lowest BCUT2D eigenvalue weighted by Crippen LogP contribution is -2.47. The molecule has 8 nitrogen and oxygen atoms in total. The van der Waals surface area contributed by atoms with Gasteiger partial charge in [0.2, 0.25) is 0 Å². The first-order chi connectivity index (χ1) is 21.1. The number of halogens is 3. The third-order valence-corrected chi connectivity index (χ3v) is 8.85. The van der Waals surface area contributed by atoms with E-state index in [1.54, 1.807) is 17.9 Å². The summed E-state index contributed by atoms with van der Waals surface area (Å²) in [5.74, 6) is 1.08. The molecule has 2 aliphatic heterocycles. The minimum absolute atomic E-state index is 0.0358. The average molecular weight is 628 g/mol. The predicted molar refractivity (Wildman–Crippen MR) is 164 cm³/mol. The standard InChI is InChI=1S/C32H36F3N5O3S/c1-3-43-30(42)25-11-13-40(14-12-25)29(41)24-9-7-23(8-10-24)21-44-31-36-22(2)19-28(37-31)39-17-15-38(16-18-39)27-6-4-5-26(20-27)32(33,34)35/h4-10,19-20,25H,3,11-18,21H2,1-2H3. The quantitative estimate of drug-likeness (QED) is 0.175. The molecule has 0 N–H and O–H groups in total. The van der Waals surface area contributed by atoms with Crippen LogP contribution in [0.1, 0.15) is 46.9 Å². The summed E-state index contributed by atoms with van der Waals surface area (Å²) in [7, 11) is 0. The highest BCUT2D eigenvalue weighted by Gasteiger charge is 2.31. The number of aryl methyl sites for hydroxylation is 1. The molecule has 2 fully saturated rings. The zero-order valence-corrected chi connectivity index (χ0v) is 25.7. The van der Waals surface area contributed by atoms with Gasteiger partial charge in [-0.2, -0.15) is 13.2 Å². The molecule has 5 rings (SSSR count). The molecule has 0 saturated carbocycles. The number of carbonyl (C=O) groups is 2. The number of hydrogen-bond donors (Lipinski definition) is 0. The number of carbonyl (C=O) groups excluding carboxylic acids is 2.